The minimum Gasteiger partial charge on any atom is -0.325 e. The van der Waals surface area contributed by atoms with Gasteiger partial charge < -0.3 is 10.6 Å². The molecule has 2 N–H and O–H groups in total. The van der Waals surface area contributed by atoms with E-state index in [-0.39, 0.29) is 5.91 Å². The first-order chi connectivity index (χ1) is 8.29. The largest absolute Gasteiger partial charge is 0.325 e. The van der Waals surface area contributed by atoms with Gasteiger partial charge in [0.05, 0.1) is 11.1 Å². The molecule has 1 aliphatic rings. The fraction of sp³-hybridized carbons (Fsp3) is 0.417. The molecule has 0 aliphatic carbocycles. The van der Waals surface area contributed by atoms with Crippen LogP contribution >= 0.6 is 23.5 Å². The van der Waals surface area contributed by atoms with Crippen LogP contribution in [0.5, 0.6) is 0 Å². The van der Waals surface area contributed by atoms with Crippen molar-refractivity contribution in [1.29, 1.82) is 0 Å². The van der Waals surface area contributed by atoms with E-state index in [1.165, 1.54) is 17.1 Å². The molecule has 17 heavy (non-hydrogen) atoms. The van der Waals surface area contributed by atoms with E-state index in [0.29, 0.717) is 11.1 Å². The maximum atomic E-state index is 11.5. The van der Waals surface area contributed by atoms with Crippen molar-refractivity contribution in [2.45, 2.75) is 4.58 Å². The molecule has 1 aliphatic heterocycles. The smallest absolute Gasteiger partial charge is 0.238 e. The van der Waals surface area contributed by atoms with Gasteiger partial charge in [-0.3, -0.25) is 4.79 Å². The highest BCUT2D eigenvalue weighted by Crippen LogP contribution is 2.45. The van der Waals surface area contributed by atoms with Crippen LogP contribution in [0.15, 0.2) is 24.3 Å². The number of nitrogens with one attached hydrogen (secondary N) is 2. The Bertz CT molecular complexity index is 392. The number of thioether (sulfide) groups is 2. The molecule has 0 radical (unpaired) electrons. The van der Waals surface area contributed by atoms with Gasteiger partial charge in [0.2, 0.25) is 5.91 Å². The molecule has 92 valence electrons. The van der Waals surface area contributed by atoms with E-state index in [2.05, 4.69) is 22.8 Å². The standard InChI is InChI=1S/C12H16N2OS2/c1-13-8-11(15)14-10-4-2-3-9(7-10)12-16-5-6-17-12/h2-4,7,12-13H,5-6,8H2,1H3,(H,14,15). The number of anilines is 1. The summed E-state index contributed by atoms with van der Waals surface area (Å²) in [5.74, 6) is 2.42. The van der Waals surface area contributed by atoms with E-state index in [9.17, 15) is 4.79 Å². The van der Waals surface area contributed by atoms with Gasteiger partial charge in [-0.05, 0) is 24.7 Å². The van der Waals surface area contributed by atoms with Crippen LogP contribution in [0, 0.1) is 0 Å². The highest BCUT2D eigenvalue weighted by atomic mass is 32.2. The second-order valence-corrected chi connectivity index (χ2v) is 6.50. The molecule has 0 bridgehead atoms. The molecule has 2 rings (SSSR count). The van der Waals surface area contributed by atoms with Gasteiger partial charge >= 0.3 is 0 Å². The zero-order valence-electron chi connectivity index (χ0n) is 9.73. The molecule has 1 fully saturated rings. The van der Waals surface area contributed by atoms with Crippen LogP contribution in [0.3, 0.4) is 0 Å². The number of carbonyl (C=O) groups is 1. The minimum absolute atomic E-state index is 0.00335. The predicted molar refractivity (Wildman–Crippen MR) is 76.7 cm³/mol. The molecule has 0 atom stereocenters. The van der Waals surface area contributed by atoms with E-state index < -0.39 is 0 Å². The van der Waals surface area contributed by atoms with Crippen LogP contribution in [0.2, 0.25) is 0 Å². The third-order valence-corrected chi connectivity index (χ3v) is 5.51. The summed E-state index contributed by atoms with van der Waals surface area (Å²) in [6.07, 6.45) is 0. The van der Waals surface area contributed by atoms with E-state index in [0.717, 1.165) is 5.69 Å². The number of likely N-dealkylation sites (N-methyl/N-ethyl adjacent to an activating group) is 1. The number of amides is 1. The van der Waals surface area contributed by atoms with Crippen molar-refractivity contribution < 1.29 is 4.79 Å². The lowest BCUT2D eigenvalue weighted by molar-refractivity contribution is -0.115. The number of carbonyl (C=O) groups excluding carboxylic acids is 1. The van der Waals surface area contributed by atoms with E-state index in [1.54, 1.807) is 7.05 Å². The summed E-state index contributed by atoms with van der Waals surface area (Å²) >= 11 is 3.94. The second-order valence-electron chi connectivity index (χ2n) is 3.78. The molecule has 1 heterocycles. The van der Waals surface area contributed by atoms with Crippen LogP contribution in [0.4, 0.5) is 5.69 Å². The summed E-state index contributed by atoms with van der Waals surface area (Å²) in [7, 11) is 1.77. The van der Waals surface area contributed by atoms with Crippen LogP contribution in [0.1, 0.15) is 10.1 Å². The van der Waals surface area contributed by atoms with Crippen molar-refractivity contribution >= 4 is 35.1 Å². The Kier molecular flexibility index (Phi) is 4.76. The van der Waals surface area contributed by atoms with Gasteiger partial charge in [0, 0.05) is 17.2 Å². The second kappa shape index (κ2) is 6.33. The third kappa shape index (κ3) is 3.66. The first-order valence-electron chi connectivity index (χ1n) is 5.57. The maximum Gasteiger partial charge on any atom is 0.238 e. The minimum atomic E-state index is -0.00335. The Morgan fingerprint density at radius 1 is 1.41 bits per heavy atom. The topological polar surface area (TPSA) is 41.1 Å². The Morgan fingerprint density at radius 2 is 2.18 bits per heavy atom. The Hall–Kier alpha value is -0.650. The summed E-state index contributed by atoms with van der Waals surface area (Å²) in [6, 6.07) is 8.14. The lowest BCUT2D eigenvalue weighted by Crippen LogP contribution is -2.25. The molecule has 0 saturated carbocycles. The van der Waals surface area contributed by atoms with Gasteiger partial charge in [-0.25, -0.2) is 0 Å². The number of hydrogen-bond donors (Lipinski definition) is 2. The average molecular weight is 268 g/mol. The predicted octanol–water partition coefficient (Wildman–Crippen LogP) is 2.32. The molecular weight excluding hydrogens is 252 g/mol. The van der Waals surface area contributed by atoms with Crippen molar-refractivity contribution in [1.82, 2.24) is 5.32 Å². The molecule has 1 aromatic rings. The molecule has 0 spiro atoms. The first-order valence-corrected chi connectivity index (χ1v) is 7.67. The molecule has 3 nitrogen and oxygen atoms in total. The van der Waals surface area contributed by atoms with Crippen LogP contribution < -0.4 is 10.6 Å². The summed E-state index contributed by atoms with van der Waals surface area (Å²) in [6.45, 7) is 0.344. The van der Waals surface area contributed by atoms with Gasteiger partial charge in [0.1, 0.15) is 0 Å². The molecule has 0 unspecified atom stereocenters. The Labute approximate surface area is 110 Å². The quantitative estimate of drug-likeness (QED) is 0.879. The Balaban J connectivity index is 2.03. The zero-order chi connectivity index (χ0) is 12.1. The summed E-state index contributed by atoms with van der Waals surface area (Å²) in [5, 5.41) is 5.72. The van der Waals surface area contributed by atoms with E-state index >= 15 is 0 Å². The van der Waals surface area contributed by atoms with Gasteiger partial charge in [0.25, 0.3) is 0 Å². The van der Waals surface area contributed by atoms with Crippen molar-refractivity contribution in [2.24, 2.45) is 0 Å². The molecule has 1 saturated heterocycles. The van der Waals surface area contributed by atoms with E-state index in [1.807, 2.05) is 35.7 Å². The Morgan fingerprint density at radius 3 is 2.88 bits per heavy atom. The fourth-order valence-electron chi connectivity index (χ4n) is 1.68. The van der Waals surface area contributed by atoms with Gasteiger partial charge in [0.15, 0.2) is 0 Å². The summed E-state index contributed by atoms with van der Waals surface area (Å²) in [5.41, 5.74) is 2.18. The monoisotopic (exact) mass is 268 g/mol. The van der Waals surface area contributed by atoms with Crippen molar-refractivity contribution in [3.05, 3.63) is 29.8 Å². The first kappa shape index (κ1) is 12.8. The maximum absolute atomic E-state index is 11.5. The number of hydrogen-bond acceptors (Lipinski definition) is 4. The average Bonchev–Trinajstić information content (AvgIpc) is 2.83. The van der Waals surface area contributed by atoms with Gasteiger partial charge in [-0.15, -0.1) is 23.5 Å². The summed E-state index contributed by atoms with van der Waals surface area (Å²) in [4.78, 5) is 11.5. The molecular formula is C12H16N2OS2. The number of benzene rings is 1. The molecule has 5 heteroatoms. The van der Waals surface area contributed by atoms with Crippen LogP contribution in [-0.4, -0.2) is 31.0 Å². The van der Waals surface area contributed by atoms with Crippen molar-refractivity contribution in [3.63, 3.8) is 0 Å². The summed E-state index contributed by atoms with van der Waals surface area (Å²) < 4.78 is 0.524. The van der Waals surface area contributed by atoms with Gasteiger partial charge in [-0.1, -0.05) is 12.1 Å². The van der Waals surface area contributed by atoms with Gasteiger partial charge in [-0.2, -0.15) is 0 Å². The van der Waals surface area contributed by atoms with Crippen molar-refractivity contribution in [3.8, 4) is 0 Å². The molecule has 1 amide bonds. The highest BCUT2D eigenvalue weighted by Gasteiger charge is 2.18. The molecule has 0 aromatic heterocycles. The molecule has 1 aromatic carbocycles. The lowest BCUT2D eigenvalue weighted by Gasteiger charge is -2.11. The van der Waals surface area contributed by atoms with Crippen LogP contribution in [0.25, 0.3) is 0 Å². The fourth-order valence-corrected chi connectivity index (χ4v) is 4.52. The van der Waals surface area contributed by atoms with Crippen LogP contribution in [-0.2, 0) is 4.79 Å². The van der Waals surface area contributed by atoms with E-state index in [4.69, 9.17) is 0 Å². The number of rotatable bonds is 4. The zero-order valence-corrected chi connectivity index (χ0v) is 11.4. The highest BCUT2D eigenvalue weighted by molar-refractivity contribution is 8.19. The third-order valence-electron chi connectivity index (χ3n) is 2.40. The lowest BCUT2D eigenvalue weighted by atomic mass is 10.2. The normalized spacial score (nSPS) is 16.1. The van der Waals surface area contributed by atoms with Crippen molar-refractivity contribution in [2.75, 3.05) is 30.4 Å². The SMILES string of the molecule is CNCC(=O)Nc1cccc(C2SCCS2)c1.